The molecular weight excluding hydrogens is 230 g/mol. The van der Waals surface area contributed by atoms with Crippen LogP contribution in [0.15, 0.2) is 12.0 Å². The summed E-state index contributed by atoms with van der Waals surface area (Å²) < 4.78 is 10.8. The maximum Gasteiger partial charge on any atom is 0.244 e. The van der Waals surface area contributed by atoms with Gasteiger partial charge in [-0.05, 0) is 12.8 Å². The molecule has 0 spiro atoms. The smallest absolute Gasteiger partial charge is 0.244 e. The standard InChI is InChI=1S/C11H19NO3.ClH/c1-11(2)13-8-10(15-11)9-14-12-6-4-3-5-7-12;/h8H,3-7,9H2,1-2H3;1H. The van der Waals surface area contributed by atoms with Crippen molar-refractivity contribution >= 4 is 12.4 Å². The van der Waals surface area contributed by atoms with Crippen LogP contribution in [0.25, 0.3) is 0 Å². The predicted octanol–water partition coefficient (Wildman–Crippen LogP) is 2.45. The summed E-state index contributed by atoms with van der Waals surface area (Å²) in [5.41, 5.74) is 0. The molecule has 0 atom stereocenters. The van der Waals surface area contributed by atoms with Gasteiger partial charge in [-0.15, -0.1) is 12.4 Å². The van der Waals surface area contributed by atoms with Crippen molar-refractivity contribution in [3.63, 3.8) is 0 Å². The van der Waals surface area contributed by atoms with Crippen molar-refractivity contribution in [3.8, 4) is 0 Å². The Kier molecular flexibility index (Phi) is 4.89. The average Bonchev–Trinajstić information content (AvgIpc) is 2.57. The fourth-order valence-electron chi connectivity index (χ4n) is 1.78. The van der Waals surface area contributed by atoms with E-state index in [1.807, 2.05) is 18.9 Å². The third kappa shape index (κ3) is 3.85. The first kappa shape index (κ1) is 13.6. The molecule has 16 heavy (non-hydrogen) atoms. The molecule has 0 saturated carbocycles. The Labute approximate surface area is 103 Å². The maximum absolute atomic E-state index is 5.62. The highest BCUT2D eigenvalue weighted by molar-refractivity contribution is 5.85. The molecule has 2 rings (SSSR count). The summed E-state index contributed by atoms with van der Waals surface area (Å²) in [5, 5.41) is 2.01. The molecule has 0 aromatic carbocycles. The van der Waals surface area contributed by atoms with Gasteiger partial charge in [-0.3, -0.25) is 4.84 Å². The van der Waals surface area contributed by atoms with Gasteiger partial charge in [-0.1, -0.05) is 6.42 Å². The minimum Gasteiger partial charge on any atom is -0.457 e. The number of piperidine rings is 1. The molecule has 1 fully saturated rings. The van der Waals surface area contributed by atoms with Gasteiger partial charge in [0, 0.05) is 26.9 Å². The normalized spacial score (nSPS) is 24.0. The fourth-order valence-corrected chi connectivity index (χ4v) is 1.78. The molecule has 2 aliphatic rings. The molecule has 1 saturated heterocycles. The van der Waals surface area contributed by atoms with Crippen LogP contribution in [0.3, 0.4) is 0 Å². The van der Waals surface area contributed by atoms with E-state index in [4.69, 9.17) is 14.3 Å². The highest BCUT2D eigenvalue weighted by Gasteiger charge is 2.28. The second-order valence-corrected chi connectivity index (χ2v) is 4.47. The minimum atomic E-state index is -0.527. The lowest BCUT2D eigenvalue weighted by molar-refractivity contribution is -0.178. The van der Waals surface area contributed by atoms with Gasteiger partial charge in [-0.25, -0.2) is 0 Å². The van der Waals surface area contributed by atoms with Crippen LogP contribution in [0, 0.1) is 0 Å². The molecule has 4 nitrogen and oxygen atoms in total. The topological polar surface area (TPSA) is 30.9 Å². The van der Waals surface area contributed by atoms with E-state index in [0.29, 0.717) is 6.61 Å². The number of halogens is 1. The summed E-state index contributed by atoms with van der Waals surface area (Å²) >= 11 is 0. The van der Waals surface area contributed by atoms with E-state index >= 15 is 0 Å². The van der Waals surface area contributed by atoms with Gasteiger partial charge < -0.3 is 9.47 Å². The fraction of sp³-hybridized carbons (Fsp3) is 0.818. The zero-order valence-corrected chi connectivity index (χ0v) is 10.7. The van der Waals surface area contributed by atoms with E-state index in [1.54, 1.807) is 6.26 Å². The number of hydrogen-bond donors (Lipinski definition) is 0. The first-order valence-corrected chi connectivity index (χ1v) is 5.59. The average molecular weight is 250 g/mol. The van der Waals surface area contributed by atoms with Crippen molar-refractivity contribution in [2.24, 2.45) is 0 Å². The number of rotatable bonds is 3. The van der Waals surface area contributed by atoms with Crippen molar-refractivity contribution in [3.05, 3.63) is 12.0 Å². The van der Waals surface area contributed by atoms with Crippen LogP contribution in [0.1, 0.15) is 33.1 Å². The van der Waals surface area contributed by atoms with Crippen LogP contribution >= 0.6 is 12.4 Å². The monoisotopic (exact) mass is 249 g/mol. The molecule has 0 aromatic heterocycles. The number of ether oxygens (including phenoxy) is 2. The highest BCUT2D eigenvalue weighted by atomic mass is 35.5. The third-order valence-electron chi connectivity index (χ3n) is 2.56. The molecule has 0 radical (unpaired) electrons. The van der Waals surface area contributed by atoms with Crippen molar-refractivity contribution in [2.45, 2.75) is 38.9 Å². The second kappa shape index (κ2) is 5.75. The summed E-state index contributed by atoms with van der Waals surface area (Å²) in [7, 11) is 0. The van der Waals surface area contributed by atoms with Crippen LogP contribution in [-0.2, 0) is 14.3 Å². The van der Waals surface area contributed by atoms with E-state index in [2.05, 4.69) is 0 Å². The van der Waals surface area contributed by atoms with Crippen LogP contribution in [0.2, 0.25) is 0 Å². The Hall–Kier alpha value is -0.450. The Morgan fingerprint density at radius 3 is 2.56 bits per heavy atom. The Morgan fingerprint density at radius 1 is 1.31 bits per heavy atom. The lowest BCUT2D eigenvalue weighted by Crippen LogP contribution is -2.31. The minimum absolute atomic E-state index is 0. The van der Waals surface area contributed by atoms with Gasteiger partial charge in [0.25, 0.3) is 0 Å². The SMILES string of the molecule is CC1(C)OC=C(CON2CCCCC2)O1.Cl. The Morgan fingerprint density at radius 2 is 2.00 bits per heavy atom. The maximum atomic E-state index is 5.62. The van der Waals surface area contributed by atoms with Gasteiger partial charge >= 0.3 is 0 Å². The van der Waals surface area contributed by atoms with Crippen LogP contribution in [0.5, 0.6) is 0 Å². The van der Waals surface area contributed by atoms with Crippen LogP contribution < -0.4 is 0 Å². The lowest BCUT2D eigenvalue weighted by atomic mass is 10.2. The molecule has 2 heterocycles. The van der Waals surface area contributed by atoms with Gasteiger partial charge in [-0.2, -0.15) is 5.06 Å². The van der Waals surface area contributed by atoms with E-state index in [-0.39, 0.29) is 12.4 Å². The van der Waals surface area contributed by atoms with Gasteiger partial charge in [0.05, 0.1) is 0 Å². The Balaban J connectivity index is 0.00000128. The van der Waals surface area contributed by atoms with E-state index in [1.165, 1.54) is 19.3 Å². The quantitative estimate of drug-likeness (QED) is 0.769. The molecule has 0 bridgehead atoms. The van der Waals surface area contributed by atoms with Gasteiger partial charge in [0.1, 0.15) is 12.9 Å². The van der Waals surface area contributed by atoms with Crippen molar-refractivity contribution in [1.82, 2.24) is 5.06 Å². The van der Waals surface area contributed by atoms with Crippen molar-refractivity contribution < 1.29 is 14.3 Å². The molecule has 0 aliphatic carbocycles. The predicted molar refractivity (Wildman–Crippen MR) is 63.0 cm³/mol. The van der Waals surface area contributed by atoms with E-state index < -0.39 is 5.79 Å². The van der Waals surface area contributed by atoms with Crippen LogP contribution in [0.4, 0.5) is 0 Å². The number of nitrogens with zero attached hydrogens (tertiary/aromatic N) is 1. The van der Waals surface area contributed by atoms with Gasteiger partial charge in [0.2, 0.25) is 5.79 Å². The number of hydroxylamine groups is 2. The second-order valence-electron chi connectivity index (χ2n) is 4.47. The first-order chi connectivity index (χ1) is 7.16. The molecule has 0 amide bonds. The van der Waals surface area contributed by atoms with Crippen LogP contribution in [-0.4, -0.2) is 30.5 Å². The van der Waals surface area contributed by atoms with Crippen molar-refractivity contribution in [2.75, 3.05) is 19.7 Å². The zero-order valence-electron chi connectivity index (χ0n) is 9.90. The largest absolute Gasteiger partial charge is 0.457 e. The van der Waals surface area contributed by atoms with Crippen molar-refractivity contribution in [1.29, 1.82) is 0 Å². The highest BCUT2D eigenvalue weighted by Crippen LogP contribution is 2.24. The lowest BCUT2D eigenvalue weighted by Gasteiger charge is -2.25. The molecule has 2 aliphatic heterocycles. The summed E-state index contributed by atoms with van der Waals surface area (Å²) in [6.45, 7) is 6.30. The third-order valence-corrected chi connectivity index (χ3v) is 2.56. The molecule has 94 valence electrons. The molecule has 5 heteroatoms. The summed E-state index contributed by atoms with van der Waals surface area (Å²) in [6, 6.07) is 0. The first-order valence-electron chi connectivity index (χ1n) is 5.59. The molecule has 0 N–H and O–H groups in total. The number of hydrogen-bond acceptors (Lipinski definition) is 4. The Bertz CT molecular complexity index is 250. The molecule has 0 aromatic rings. The van der Waals surface area contributed by atoms with Gasteiger partial charge in [0.15, 0.2) is 5.76 Å². The summed E-state index contributed by atoms with van der Waals surface area (Å²) in [4.78, 5) is 5.62. The van der Waals surface area contributed by atoms with E-state index in [0.717, 1.165) is 18.8 Å². The molecule has 0 unspecified atom stereocenters. The molecular formula is C11H20ClNO3. The van der Waals surface area contributed by atoms with E-state index in [9.17, 15) is 0 Å². The summed E-state index contributed by atoms with van der Waals surface area (Å²) in [6.07, 6.45) is 5.41. The zero-order chi connectivity index (χ0) is 10.7. The summed E-state index contributed by atoms with van der Waals surface area (Å²) in [5.74, 6) is 0.242.